The summed E-state index contributed by atoms with van der Waals surface area (Å²) in [5.41, 5.74) is 0.807. The fraction of sp³-hybridized carbons (Fsp3) is 0.333. The lowest BCUT2D eigenvalue weighted by Crippen LogP contribution is -2.50. The number of benzene rings is 1. The summed E-state index contributed by atoms with van der Waals surface area (Å²) in [6.45, 7) is 0.352. The van der Waals surface area contributed by atoms with Gasteiger partial charge in [0.05, 0.1) is 31.9 Å². The van der Waals surface area contributed by atoms with Crippen molar-refractivity contribution >= 4 is 17.8 Å². The first-order valence-corrected chi connectivity index (χ1v) is 7.67. The van der Waals surface area contributed by atoms with E-state index in [-0.39, 0.29) is 5.91 Å². The highest BCUT2D eigenvalue weighted by Crippen LogP contribution is 2.23. The molecule has 0 N–H and O–H groups in total. The van der Waals surface area contributed by atoms with Gasteiger partial charge in [-0.05, 0) is 30.7 Å². The number of rotatable bonds is 4. The molecular weight excluding hydrogens is 324 g/mol. The summed E-state index contributed by atoms with van der Waals surface area (Å²) >= 11 is 0. The van der Waals surface area contributed by atoms with Gasteiger partial charge in [0.2, 0.25) is 0 Å². The van der Waals surface area contributed by atoms with E-state index in [9.17, 15) is 14.4 Å². The quantitative estimate of drug-likeness (QED) is 0.465. The Hall–Kier alpha value is -3.14. The molecule has 1 aliphatic heterocycles. The Morgan fingerprint density at radius 3 is 2.28 bits per heavy atom. The van der Waals surface area contributed by atoms with Crippen molar-refractivity contribution in [1.82, 2.24) is 4.90 Å². The van der Waals surface area contributed by atoms with Crippen LogP contribution in [-0.2, 0) is 19.1 Å². The SMILES string of the molecule is COC(=O)C(C(=O)OC)[C@H]1C=CCCN1C(=O)c1ccc(C#N)cc1. The van der Waals surface area contributed by atoms with E-state index in [1.807, 2.05) is 12.1 Å². The van der Waals surface area contributed by atoms with Gasteiger partial charge >= 0.3 is 11.9 Å². The minimum Gasteiger partial charge on any atom is -0.468 e. The van der Waals surface area contributed by atoms with Crippen LogP contribution < -0.4 is 0 Å². The van der Waals surface area contributed by atoms with Crippen molar-refractivity contribution in [2.24, 2.45) is 5.92 Å². The highest BCUT2D eigenvalue weighted by atomic mass is 16.5. The van der Waals surface area contributed by atoms with Gasteiger partial charge in [0.1, 0.15) is 0 Å². The van der Waals surface area contributed by atoms with Crippen LogP contribution >= 0.6 is 0 Å². The molecule has 1 heterocycles. The molecular formula is C18H18N2O5. The van der Waals surface area contributed by atoms with E-state index in [0.29, 0.717) is 24.1 Å². The number of hydrogen-bond acceptors (Lipinski definition) is 6. The number of ether oxygens (including phenoxy) is 2. The second kappa shape index (κ2) is 8.11. The first-order valence-electron chi connectivity index (χ1n) is 7.67. The summed E-state index contributed by atoms with van der Waals surface area (Å²) in [7, 11) is 2.36. The zero-order valence-electron chi connectivity index (χ0n) is 14.0. The lowest BCUT2D eigenvalue weighted by atomic mass is 9.94. The molecule has 0 bridgehead atoms. The van der Waals surface area contributed by atoms with Crippen LogP contribution in [0.15, 0.2) is 36.4 Å². The van der Waals surface area contributed by atoms with Gasteiger partial charge in [-0.2, -0.15) is 5.26 Å². The molecule has 2 rings (SSSR count). The monoisotopic (exact) mass is 342 g/mol. The minimum absolute atomic E-state index is 0.336. The Bertz CT molecular complexity index is 717. The van der Waals surface area contributed by atoms with Crippen molar-refractivity contribution in [3.63, 3.8) is 0 Å². The van der Waals surface area contributed by atoms with Gasteiger partial charge in [-0.1, -0.05) is 12.2 Å². The van der Waals surface area contributed by atoms with Crippen LogP contribution in [-0.4, -0.2) is 49.6 Å². The molecule has 1 aromatic rings. The van der Waals surface area contributed by atoms with Crippen LogP contribution in [0.1, 0.15) is 22.3 Å². The highest BCUT2D eigenvalue weighted by Gasteiger charge is 2.41. The Labute approximate surface area is 145 Å². The number of esters is 2. The third kappa shape index (κ3) is 3.86. The third-order valence-corrected chi connectivity index (χ3v) is 4.00. The average Bonchev–Trinajstić information content (AvgIpc) is 2.67. The minimum atomic E-state index is -1.26. The molecule has 7 heteroatoms. The number of nitrogens with zero attached hydrogens (tertiary/aromatic N) is 2. The van der Waals surface area contributed by atoms with Gasteiger partial charge in [0, 0.05) is 12.1 Å². The first kappa shape index (κ1) is 18.2. The summed E-state index contributed by atoms with van der Waals surface area (Å²) in [5, 5.41) is 8.85. The summed E-state index contributed by atoms with van der Waals surface area (Å²) < 4.78 is 9.41. The van der Waals surface area contributed by atoms with Crippen LogP contribution in [0.5, 0.6) is 0 Å². The second-order valence-electron chi connectivity index (χ2n) is 5.42. The van der Waals surface area contributed by atoms with Crippen molar-refractivity contribution in [3.05, 3.63) is 47.5 Å². The zero-order valence-corrected chi connectivity index (χ0v) is 14.0. The van der Waals surface area contributed by atoms with E-state index in [0.717, 1.165) is 0 Å². The molecule has 0 aromatic heterocycles. The van der Waals surface area contributed by atoms with Crippen LogP contribution in [0.2, 0.25) is 0 Å². The van der Waals surface area contributed by atoms with Gasteiger partial charge in [0.25, 0.3) is 5.91 Å². The van der Waals surface area contributed by atoms with Crippen LogP contribution in [0.3, 0.4) is 0 Å². The lowest BCUT2D eigenvalue weighted by molar-refractivity contribution is -0.160. The summed E-state index contributed by atoms with van der Waals surface area (Å²) in [6.07, 6.45) is 4.06. The largest absolute Gasteiger partial charge is 0.468 e. The fourth-order valence-corrected chi connectivity index (χ4v) is 2.71. The van der Waals surface area contributed by atoms with Crippen molar-refractivity contribution in [3.8, 4) is 6.07 Å². The predicted octanol–water partition coefficient (Wildman–Crippen LogP) is 1.29. The molecule has 1 aromatic carbocycles. The van der Waals surface area contributed by atoms with Crippen molar-refractivity contribution < 1.29 is 23.9 Å². The molecule has 1 aliphatic rings. The zero-order chi connectivity index (χ0) is 18.4. The number of carbonyl (C=O) groups excluding carboxylic acids is 3. The number of nitriles is 1. The summed E-state index contributed by atoms with van der Waals surface area (Å²) in [6, 6.07) is 7.36. The number of carbonyl (C=O) groups is 3. The van der Waals surface area contributed by atoms with E-state index in [1.54, 1.807) is 30.3 Å². The van der Waals surface area contributed by atoms with E-state index < -0.39 is 23.9 Å². The van der Waals surface area contributed by atoms with Crippen LogP contribution in [0.4, 0.5) is 0 Å². The Balaban J connectivity index is 2.35. The number of hydrogen-bond donors (Lipinski definition) is 0. The highest BCUT2D eigenvalue weighted by molar-refractivity contribution is 5.99. The topological polar surface area (TPSA) is 96.7 Å². The Morgan fingerprint density at radius 2 is 1.76 bits per heavy atom. The lowest BCUT2D eigenvalue weighted by Gasteiger charge is -2.35. The Kier molecular flexibility index (Phi) is 5.90. The molecule has 1 amide bonds. The molecule has 0 spiro atoms. The number of amides is 1. The first-order chi connectivity index (χ1) is 12.0. The van der Waals surface area contributed by atoms with Gasteiger partial charge in [0.15, 0.2) is 5.92 Å². The molecule has 7 nitrogen and oxygen atoms in total. The second-order valence-corrected chi connectivity index (χ2v) is 5.42. The average molecular weight is 342 g/mol. The van der Waals surface area contributed by atoms with Crippen molar-refractivity contribution in [2.75, 3.05) is 20.8 Å². The molecule has 0 aliphatic carbocycles. The van der Waals surface area contributed by atoms with Gasteiger partial charge in [-0.15, -0.1) is 0 Å². The maximum Gasteiger partial charge on any atom is 0.322 e. The van der Waals surface area contributed by atoms with E-state index >= 15 is 0 Å². The van der Waals surface area contributed by atoms with Crippen molar-refractivity contribution in [1.29, 1.82) is 5.26 Å². The summed E-state index contributed by atoms with van der Waals surface area (Å²) in [4.78, 5) is 38.4. The fourth-order valence-electron chi connectivity index (χ4n) is 2.71. The molecule has 0 radical (unpaired) electrons. The van der Waals surface area contributed by atoms with Gasteiger partial charge in [-0.3, -0.25) is 14.4 Å². The molecule has 1 atom stereocenters. The number of methoxy groups -OCH3 is 2. The molecule has 0 saturated carbocycles. The maximum atomic E-state index is 12.8. The van der Waals surface area contributed by atoms with E-state index in [1.165, 1.54) is 19.1 Å². The van der Waals surface area contributed by atoms with Gasteiger partial charge < -0.3 is 14.4 Å². The normalized spacial score (nSPS) is 16.2. The standard InChI is InChI=1S/C18H18N2O5/c1-24-17(22)15(18(23)25-2)14-5-3-4-10-20(14)16(21)13-8-6-12(11-19)7-9-13/h3,5-9,14-15H,4,10H2,1-2H3/t14-/m1/s1. The molecule has 130 valence electrons. The summed E-state index contributed by atoms with van der Waals surface area (Å²) in [5.74, 6) is -3.12. The molecule has 0 unspecified atom stereocenters. The smallest absolute Gasteiger partial charge is 0.322 e. The molecule has 25 heavy (non-hydrogen) atoms. The Morgan fingerprint density at radius 1 is 1.16 bits per heavy atom. The van der Waals surface area contributed by atoms with Crippen LogP contribution in [0.25, 0.3) is 0 Å². The van der Waals surface area contributed by atoms with Crippen LogP contribution in [0, 0.1) is 17.2 Å². The third-order valence-electron chi connectivity index (χ3n) is 4.00. The molecule has 0 saturated heterocycles. The maximum absolute atomic E-state index is 12.8. The van der Waals surface area contributed by atoms with Crippen molar-refractivity contribution in [2.45, 2.75) is 12.5 Å². The van der Waals surface area contributed by atoms with E-state index in [2.05, 4.69) is 0 Å². The predicted molar refractivity (Wildman–Crippen MR) is 87.3 cm³/mol. The molecule has 0 fully saturated rings. The van der Waals surface area contributed by atoms with E-state index in [4.69, 9.17) is 14.7 Å². The van der Waals surface area contributed by atoms with Gasteiger partial charge in [-0.25, -0.2) is 0 Å².